The number of carbonyl (C=O) groups excluding carboxylic acids is 2. The number of ether oxygens (including phenoxy) is 1. The number of fused-ring (bicyclic) bond motifs is 1. The summed E-state index contributed by atoms with van der Waals surface area (Å²) < 4.78 is 5.98. The van der Waals surface area contributed by atoms with Gasteiger partial charge >= 0.3 is 5.97 Å². The molecule has 1 aromatic rings. The minimum absolute atomic E-state index is 0.329. The van der Waals surface area contributed by atoms with Gasteiger partial charge < -0.3 is 9.64 Å². The highest BCUT2D eigenvalue weighted by Gasteiger charge is 2.35. The van der Waals surface area contributed by atoms with Gasteiger partial charge in [-0.15, -0.1) is 0 Å². The largest absolute Gasteiger partial charge is 0.457 e. The first kappa shape index (κ1) is 20.3. The molecule has 5 nitrogen and oxygen atoms in total. The number of anilines is 1. The van der Waals surface area contributed by atoms with Crippen LogP contribution < -0.4 is 4.90 Å². The van der Waals surface area contributed by atoms with Crippen molar-refractivity contribution in [3.05, 3.63) is 21.4 Å². The van der Waals surface area contributed by atoms with Crippen LogP contribution in [0.3, 0.4) is 0 Å². The fourth-order valence-electron chi connectivity index (χ4n) is 4.55. The standard InChI is InChI=1S/C21H29BrN2O3/c1-12(2)27-21(26)20(25)17-13(3)23-14(4)18(22)19(17)24-10-9-15-7-5-6-8-16(15)11-24/h12,15-16H,5-11H2,1-4H3. The summed E-state index contributed by atoms with van der Waals surface area (Å²) >= 11 is 3.65. The maximum atomic E-state index is 12.9. The van der Waals surface area contributed by atoms with Crippen molar-refractivity contribution in [1.82, 2.24) is 4.98 Å². The van der Waals surface area contributed by atoms with Gasteiger partial charge in [-0.05, 0) is 68.3 Å². The predicted molar refractivity (Wildman–Crippen MR) is 109 cm³/mol. The van der Waals surface area contributed by atoms with Crippen LogP contribution in [0.5, 0.6) is 0 Å². The van der Waals surface area contributed by atoms with E-state index in [9.17, 15) is 9.59 Å². The van der Waals surface area contributed by atoms with E-state index in [-0.39, 0.29) is 6.10 Å². The summed E-state index contributed by atoms with van der Waals surface area (Å²) in [5.41, 5.74) is 2.62. The molecule has 0 spiro atoms. The van der Waals surface area contributed by atoms with Crippen molar-refractivity contribution in [3.8, 4) is 0 Å². The van der Waals surface area contributed by atoms with E-state index >= 15 is 0 Å². The third kappa shape index (κ3) is 4.20. The van der Waals surface area contributed by atoms with Crippen molar-refractivity contribution in [2.75, 3.05) is 18.0 Å². The summed E-state index contributed by atoms with van der Waals surface area (Å²) in [6, 6.07) is 0. The molecule has 1 saturated carbocycles. The van der Waals surface area contributed by atoms with Crippen LogP contribution in [-0.2, 0) is 9.53 Å². The first-order chi connectivity index (χ1) is 12.8. The number of aromatic nitrogens is 1. The highest BCUT2D eigenvalue weighted by Crippen LogP contribution is 2.41. The minimum Gasteiger partial charge on any atom is -0.457 e. The van der Waals surface area contributed by atoms with Gasteiger partial charge in [0.2, 0.25) is 0 Å². The van der Waals surface area contributed by atoms with Crippen LogP contribution >= 0.6 is 15.9 Å². The van der Waals surface area contributed by atoms with Gasteiger partial charge in [0.05, 0.1) is 33.2 Å². The van der Waals surface area contributed by atoms with Gasteiger partial charge in [0.15, 0.2) is 0 Å². The Labute approximate surface area is 170 Å². The summed E-state index contributed by atoms with van der Waals surface area (Å²) in [7, 11) is 0. The molecule has 1 saturated heterocycles. The molecule has 0 bridgehead atoms. The van der Waals surface area contributed by atoms with Crippen molar-refractivity contribution in [1.29, 1.82) is 0 Å². The van der Waals surface area contributed by atoms with E-state index in [0.717, 1.165) is 41.3 Å². The number of Topliss-reactive ketones (excluding diaryl/α,β-unsaturated/α-hetero) is 1. The Morgan fingerprint density at radius 2 is 1.78 bits per heavy atom. The lowest BCUT2D eigenvalue weighted by Crippen LogP contribution is -2.43. The molecule has 2 unspecified atom stereocenters. The Morgan fingerprint density at radius 1 is 1.11 bits per heavy atom. The van der Waals surface area contributed by atoms with Crippen LogP contribution in [0.15, 0.2) is 4.47 Å². The monoisotopic (exact) mass is 436 g/mol. The predicted octanol–water partition coefficient (Wildman–Crippen LogP) is 4.61. The molecule has 0 radical (unpaired) electrons. The number of aryl methyl sites for hydroxylation is 2. The molecule has 0 amide bonds. The second-order valence-electron chi connectivity index (χ2n) is 8.14. The highest BCUT2D eigenvalue weighted by atomic mass is 79.9. The summed E-state index contributed by atoms with van der Waals surface area (Å²) in [5, 5.41) is 0. The molecule has 2 atom stereocenters. The van der Waals surface area contributed by atoms with Crippen LogP contribution in [0.1, 0.15) is 67.7 Å². The number of piperidine rings is 1. The average molecular weight is 437 g/mol. The lowest BCUT2D eigenvalue weighted by molar-refractivity contribution is -0.141. The second kappa shape index (κ2) is 8.29. The molecule has 148 valence electrons. The third-order valence-electron chi connectivity index (χ3n) is 5.82. The number of carbonyl (C=O) groups is 2. The minimum atomic E-state index is -0.806. The Hall–Kier alpha value is -1.43. The van der Waals surface area contributed by atoms with Gasteiger partial charge in [-0.2, -0.15) is 0 Å². The fourth-order valence-corrected chi connectivity index (χ4v) is 5.09. The number of ketones is 1. The van der Waals surface area contributed by atoms with Gasteiger partial charge in [-0.25, -0.2) is 4.79 Å². The number of pyridine rings is 1. The Kier molecular flexibility index (Phi) is 6.24. The zero-order valence-electron chi connectivity index (χ0n) is 16.7. The van der Waals surface area contributed by atoms with Gasteiger partial charge in [-0.1, -0.05) is 19.3 Å². The zero-order valence-corrected chi connectivity index (χ0v) is 18.3. The molecule has 27 heavy (non-hydrogen) atoms. The average Bonchev–Trinajstić information content (AvgIpc) is 2.63. The maximum absolute atomic E-state index is 12.9. The topological polar surface area (TPSA) is 59.5 Å². The zero-order chi connectivity index (χ0) is 19.7. The van der Waals surface area contributed by atoms with Gasteiger partial charge in [0.25, 0.3) is 5.78 Å². The Morgan fingerprint density at radius 3 is 2.44 bits per heavy atom. The van der Waals surface area contributed by atoms with E-state index in [1.54, 1.807) is 20.8 Å². The van der Waals surface area contributed by atoms with E-state index in [0.29, 0.717) is 17.2 Å². The maximum Gasteiger partial charge on any atom is 0.380 e. The molecule has 6 heteroatoms. The molecule has 3 rings (SSSR count). The van der Waals surface area contributed by atoms with Crippen LogP contribution in [0.25, 0.3) is 0 Å². The van der Waals surface area contributed by atoms with E-state index in [4.69, 9.17) is 4.74 Å². The van der Waals surface area contributed by atoms with E-state index < -0.39 is 11.8 Å². The van der Waals surface area contributed by atoms with Crippen LogP contribution in [0.4, 0.5) is 5.69 Å². The summed E-state index contributed by atoms with van der Waals surface area (Å²) in [6.45, 7) is 9.06. The number of halogens is 1. The normalized spacial score (nSPS) is 22.5. The SMILES string of the molecule is Cc1nc(C)c(C(=O)C(=O)OC(C)C)c(N2CCC3CCCCC3C2)c1Br. The van der Waals surface area contributed by atoms with Crippen molar-refractivity contribution >= 4 is 33.4 Å². The first-order valence-electron chi connectivity index (χ1n) is 9.96. The molecule has 1 aromatic heterocycles. The molecule has 1 aliphatic carbocycles. The van der Waals surface area contributed by atoms with Crippen molar-refractivity contribution in [2.45, 2.75) is 65.9 Å². The Bertz CT molecular complexity index is 747. The van der Waals surface area contributed by atoms with Gasteiger partial charge in [-0.3, -0.25) is 9.78 Å². The quantitative estimate of drug-likeness (QED) is 0.391. The van der Waals surface area contributed by atoms with Crippen molar-refractivity contribution in [3.63, 3.8) is 0 Å². The van der Waals surface area contributed by atoms with E-state index in [1.807, 2.05) is 6.92 Å². The van der Waals surface area contributed by atoms with E-state index in [1.165, 1.54) is 25.7 Å². The fraction of sp³-hybridized carbons (Fsp3) is 0.667. The lowest BCUT2D eigenvalue weighted by Gasteiger charge is -2.43. The smallest absolute Gasteiger partial charge is 0.380 e. The van der Waals surface area contributed by atoms with Crippen molar-refractivity contribution in [2.24, 2.45) is 11.8 Å². The number of esters is 1. The van der Waals surface area contributed by atoms with Crippen LogP contribution in [0, 0.1) is 25.7 Å². The number of hydrogen-bond acceptors (Lipinski definition) is 5. The molecule has 2 aliphatic rings. The number of rotatable bonds is 4. The number of hydrogen-bond donors (Lipinski definition) is 0. The second-order valence-corrected chi connectivity index (χ2v) is 8.94. The highest BCUT2D eigenvalue weighted by molar-refractivity contribution is 9.10. The molecule has 0 aromatic carbocycles. The molecule has 2 heterocycles. The number of nitrogens with zero attached hydrogens (tertiary/aromatic N) is 2. The third-order valence-corrected chi connectivity index (χ3v) is 6.77. The van der Waals surface area contributed by atoms with Gasteiger partial charge in [0.1, 0.15) is 0 Å². The molecular formula is C21H29BrN2O3. The molecule has 0 N–H and O–H groups in total. The van der Waals surface area contributed by atoms with Crippen LogP contribution in [0.2, 0.25) is 0 Å². The first-order valence-corrected chi connectivity index (χ1v) is 10.8. The lowest BCUT2D eigenvalue weighted by atomic mass is 9.75. The summed E-state index contributed by atoms with van der Waals surface area (Å²) in [4.78, 5) is 32.1. The molecule has 2 fully saturated rings. The summed E-state index contributed by atoms with van der Waals surface area (Å²) in [6.07, 6.45) is 6.01. The molecular weight excluding hydrogens is 408 g/mol. The van der Waals surface area contributed by atoms with Crippen LogP contribution in [-0.4, -0.2) is 35.9 Å². The van der Waals surface area contributed by atoms with E-state index in [2.05, 4.69) is 25.8 Å². The Balaban J connectivity index is 1.98. The summed E-state index contributed by atoms with van der Waals surface area (Å²) in [5.74, 6) is 0.0521. The van der Waals surface area contributed by atoms with Gasteiger partial charge in [0, 0.05) is 13.1 Å². The molecule has 1 aliphatic heterocycles. The van der Waals surface area contributed by atoms with Crippen molar-refractivity contribution < 1.29 is 14.3 Å².